The number of aromatic nitrogens is 4. The van der Waals surface area contributed by atoms with Gasteiger partial charge in [-0.05, 0) is 13.8 Å². The van der Waals surface area contributed by atoms with E-state index < -0.39 is 11.2 Å². The van der Waals surface area contributed by atoms with Crippen molar-refractivity contribution in [1.29, 1.82) is 0 Å². The first-order valence-electron chi connectivity index (χ1n) is 5.71. The van der Waals surface area contributed by atoms with E-state index in [1.54, 1.807) is 13.8 Å². The van der Waals surface area contributed by atoms with Gasteiger partial charge in [0.1, 0.15) is 0 Å². The van der Waals surface area contributed by atoms with Gasteiger partial charge in [-0.2, -0.15) is 25.3 Å². The molecule has 8 heteroatoms. The molecule has 1 unspecified atom stereocenters. The summed E-state index contributed by atoms with van der Waals surface area (Å²) < 4.78 is 1.08. The van der Waals surface area contributed by atoms with Crippen molar-refractivity contribution in [3.63, 3.8) is 0 Å². The molecule has 19 heavy (non-hydrogen) atoms. The number of nitrogens with one attached hydrogen (secondary N) is 1. The number of H-pyrrole nitrogens is 1. The molecule has 1 atom stereocenters. The maximum atomic E-state index is 12.2. The summed E-state index contributed by atoms with van der Waals surface area (Å²) in [5, 5.41) is -0.181. The molecule has 0 radical (unpaired) electrons. The number of fused-ring (bicyclic) bond motifs is 1. The monoisotopic (exact) mass is 298 g/mol. The molecular weight excluding hydrogens is 284 g/mol. The van der Waals surface area contributed by atoms with Crippen LogP contribution in [0.5, 0.6) is 0 Å². The molecule has 0 bridgehead atoms. The maximum absolute atomic E-state index is 12.2. The van der Waals surface area contributed by atoms with E-state index in [0.29, 0.717) is 17.1 Å². The molecule has 0 spiro atoms. The minimum Gasteiger partial charge on any atom is -0.290 e. The van der Waals surface area contributed by atoms with Crippen LogP contribution < -0.4 is 11.2 Å². The highest BCUT2D eigenvalue weighted by Gasteiger charge is 2.13. The number of aryl methyl sites for hydroxylation is 2. The molecule has 0 aliphatic rings. The Labute approximate surface area is 120 Å². The van der Waals surface area contributed by atoms with Crippen LogP contribution in [0.15, 0.2) is 9.59 Å². The lowest BCUT2D eigenvalue weighted by Crippen LogP contribution is -2.38. The number of nitrogens with zero attached hydrogens (tertiary/aromatic N) is 3. The van der Waals surface area contributed by atoms with Crippen molar-refractivity contribution in [3.05, 3.63) is 32.2 Å². The zero-order valence-electron chi connectivity index (χ0n) is 10.5. The van der Waals surface area contributed by atoms with Crippen LogP contribution >= 0.6 is 25.3 Å². The average molecular weight is 298 g/mol. The van der Waals surface area contributed by atoms with E-state index in [4.69, 9.17) is 0 Å². The minimum absolute atomic E-state index is 0.169. The first kappa shape index (κ1) is 14.1. The van der Waals surface area contributed by atoms with Gasteiger partial charge in [-0.25, -0.2) is 14.8 Å². The Balaban J connectivity index is 2.71. The van der Waals surface area contributed by atoms with Crippen LogP contribution in [0.3, 0.4) is 0 Å². The summed E-state index contributed by atoms with van der Waals surface area (Å²) in [5.74, 6) is 0.464. The second-order valence-electron chi connectivity index (χ2n) is 4.27. The molecule has 0 saturated carbocycles. The SMILES string of the molecule is Cc1nc2[nH]c(=O)n(CC(S)CS)c(=O)c2nc1C. The second kappa shape index (κ2) is 5.38. The van der Waals surface area contributed by atoms with Crippen LogP contribution in [0.25, 0.3) is 11.2 Å². The van der Waals surface area contributed by atoms with Crippen molar-refractivity contribution in [1.82, 2.24) is 19.5 Å². The Bertz CT molecular complexity index is 738. The topological polar surface area (TPSA) is 80.6 Å². The van der Waals surface area contributed by atoms with Crippen LogP contribution in [0.1, 0.15) is 11.4 Å². The van der Waals surface area contributed by atoms with Gasteiger partial charge in [0.05, 0.1) is 11.4 Å². The third-order valence-electron chi connectivity index (χ3n) is 2.83. The Morgan fingerprint density at radius 1 is 1.26 bits per heavy atom. The van der Waals surface area contributed by atoms with E-state index in [9.17, 15) is 9.59 Å². The molecule has 6 nitrogen and oxygen atoms in total. The zero-order valence-corrected chi connectivity index (χ0v) is 12.3. The van der Waals surface area contributed by atoms with Crippen LogP contribution in [-0.2, 0) is 6.54 Å². The summed E-state index contributed by atoms with van der Waals surface area (Å²) >= 11 is 8.33. The predicted molar refractivity (Wildman–Crippen MR) is 80.5 cm³/mol. The average Bonchev–Trinajstić information content (AvgIpc) is 2.37. The number of thiol groups is 2. The highest BCUT2D eigenvalue weighted by Crippen LogP contribution is 2.05. The van der Waals surface area contributed by atoms with Gasteiger partial charge in [-0.3, -0.25) is 14.3 Å². The highest BCUT2D eigenvalue weighted by molar-refractivity contribution is 7.84. The van der Waals surface area contributed by atoms with Gasteiger partial charge in [-0.15, -0.1) is 0 Å². The fourth-order valence-electron chi connectivity index (χ4n) is 1.66. The van der Waals surface area contributed by atoms with Crippen LogP contribution in [0.2, 0.25) is 0 Å². The quantitative estimate of drug-likeness (QED) is 0.713. The van der Waals surface area contributed by atoms with E-state index in [-0.39, 0.29) is 23.0 Å². The molecule has 0 aromatic carbocycles. The molecule has 0 aliphatic carbocycles. The zero-order chi connectivity index (χ0) is 14.2. The number of hydrogen-bond acceptors (Lipinski definition) is 6. The fraction of sp³-hybridized carbons (Fsp3) is 0.455. The molecule has 0 amide bonds. The summed E-state index contributed by atoms with van der Waals surface area (Å²) in [5.41, 5.74) is 0.784. The molecule has 102 valence electrons. The van der Waals surface area contributed by atoms with E-state index >= 15 is 0 Å². The summed E-state index contributed by atoms with van der Waals surface area (Å²) in [6.45, 7) is 3.73. The highest BCUT2D eigenvalue weighted by atomic mass is 32.1. The number of aromatic amines is 1. The molecule has 0 saturated heterocycles. The summed E-state index contributed by atoms with van der Waals surface area (Å²) in [6.07, 6.45) is 0. The lowest BCUT2D eigenvalue weighted by Gasteiger charge is -2.10. The molecule has 2 aromatic heterocycles. The van der Waals surface area contributed by atoms with Crippen LogP contribution in [0.4, 0.5) is 0 Å². The van der Waals surface area contributed by atoms with E-state index in [1.165, 1.54) is 0 Å². The molecule has 2 heterocycles. The van der Waals surface area contributed by atoms with Crippen LogP contribution in [0, 0.1) is 13.8 Å². The van der Waals surface area contributed by atoms with Gasteiger partial charge >= 0.3 is 5.69 Å². The normalized spacial score (nSPS) is 12.8. The van der Waals surface area contributed by atoms with Crippen molar-refractivity contribution >= 4 is 36.4 Å². The Kier molecular flexibility index (Phi) is 4.00. The Morgan fingerprint density at radius 2 is 1.89 bits per heavy atom. The second-order valence-corrected chi connectivity index (χ2v) is 5.37. The smallest absolute Gasteiger partial charge is 0.290 e. The van der Waals surface area contributed by atoms with E-state index in [2.05, 4.69) is 40.2 Å². The van der Waals surface area contributed by atoms with Gasteiger partial charge in [0.2, 0.25) is 0 Å². The van der Waals surface area contributed by atoms with Crippen molar-refractivity contribution in [2.45, 2.75) is 25.6 Å². The first-order chi connectivity index (χ1) is 8.93. The first-order valence-corrected chi connectivity index (χ1v) is 6.86. The summed E-state index contributed by atoms with van der Waals surface area (Å²) in [4.78, 5) is 35.1. The third kappa shape index (κ3) is 2.69. The molecule has 2 aromatic rings. The van der Waals surface area contributed by atoms with Gasteiger partial charge in [0.15, 0.2) is 11.2 Å². The lowest BCUT2D eigenvalue weighted by atomic mass is 10.3. The largest absolute Gasteiger partial charge is 0.330 e. The van der Waals surface area contributed by atoms with Crippen molar-refractivity contribution < 1.29 is 0 Å². The van der Waals surface area contributed by atoms with Crippen molar-refractivity contribution in [2.24, 2.45) is 0 Å². The van der Waals surface area contributed by atoms with Gasteiger partial charge in [-0.1, -0.05) is 0 Å². The molecule has 0 aliphatic heterocycles. The van der Waals surface area contributed by atoms with E-state index in [0.717, 1.165) is 4.57 Å². The van der Waals surface area contributed by atoms with Gasteiger partial charge in [0, 0.05) is 17.5 Å². The lowest BCUT2D eigenvalue weighted by molar-refractivity contribution is 0.636. The molecular formula is C11H14N4O2S2. The molecule has 0 fully saturated rings. The fourth-order valence-corrected chi connectivity index (χ4v) is 1.94. The number of hydrogen-bond donors (Lipinski definition) is 3. The van der Waals surface area contributed by atoms with E-state index in [1.807, 2.05) is 0 Å². The summed E-state index contributed by atoms with van der Waals surface area (Å²) in [6, 6.07) is 0. The Morgan fingerprint density at radius 3 is 2.53 bits per heavy atom. The third-order valence-corrected chi connectivity index (χ3v) is 3.90. The summed E-state index contributed by atoms with van der Waals surface area (Å²) in [7, 11) is 0. The minimum atomic E-state index is -0.504. The van der Waals surface area contributed by atoms with Gasteiger partial charge < -0.3 is 0 Å². The Hall–Kier alpha value is -1.28. The van der Waals surface area contributed by atoms with Crippen LogP contribution in [-0.4, -0.2) is 30.5 Å². The predicted octanol–water partition coefficient (Wildman–Crippen LogP) is 0.325. The van der Waals surface area contributed by atoms with Crippen molar-refractivity contribution in [2.75, 3.05) is 5.75 Å². The molecule has 1 N–H and O–H groups in total. The maximum Gasteiger partial charge on any atom is 0.330 e. The number of rotatable bonds is 3. The van der Waals surface area contributed by atoms with Gasteiger partial charge in [0.25, 0.3) is 5.56 Å². The van der Waals surface area contributed by atoms with Crippen molar-refractivity contribution in [3.8, 4) is 0 Å². The molecule has 2 rings (SSSR count). The standard InChI is InChI=1S/C11H14N4O2S2/c1-5-6(2)13-9-8(12-5)10(16)15(11(17)14-9)3-7(19)4-18/h7,18-19H,3-4H2,1-2H3,(H,13,14,17).